The number of furan rings is 1. The fraction of sp³-hybridized carbons (Fsp3) is 0.615. The number of nitrogens with zero attached hydrogens (tertiary/aromatic N) is 1. The van der Waals surface area contributed by atoms with Gasteiger partial charge in [0.25, 0.3) is 10.0 Å². The number of hydrogen-bond acceptors (Lipinski definition) is 5. The van der Waals surface area contributed by atoms with Gasteiger partial charge in [-0.15, -0.1) is 12.4 Å². The standard InChI is InChI=1S/C13H21N3O4S.ClH/c14-7-6-12(17)15-10-11-4-1-2-8-16(11)21(18,19)13-5-3-9-20-13;/h3,5,9,11H,1-2,4,6-8,10,14H2,(H,15,17);1H. The van der Waals surface area contributed by atoms with Crippen LogP contribution in [0.1, 0.15) is 25.7 Å². The first-order chi connectivity index (χ1) is 10.1. The van der Waals surface area contributed by atoms with Gasteiger partial charge in [0, 0.05) is 32.1 Å². The molecule has 1 saturated heterocycles. The zero-order valence-electron chi connectivity index (χ0n) is 12.2. The van der Waals surface area contributed by atoms with E-state index in [0.717, 1.165) is 19.3 Å². The number of amides is 1. The maximum absolute atomic E-state index is 12.5. The fourth-order valence-electron chi connectivity index (χ4n) is 2.47. The molecular weight excluding hydrogens is 330 g/mol. The summed E-state index contributed by atoms with van der Waals surface area (Å²) in [6, 6.07) is 2.75. The first kappa shape index (κ1) is 19.0. The summed E-state index contributed by atoms with van der Waals surface area (Å²) in [6.45, 7) is 1.03. The molecule has 0 radical (unpaired) electrons. The van der Waals surface area contributed by atoms with Crippen LogP contribution in [0.4, 0.5) is 0 Å². The maximum atomic E-state index is 12.5. The highest BCUT2D eigenvalue weighted by molar-refractivity contribution is 7.89. The zero-order chi connectivity index (χ0) is 15.3. The molecule has 0 aromatic carbocycles. The number of rotatable bonds is 6. The van der Waals surface area contributed by atoms with Gasteiger partial charge in [-0.1, -0.05) is 6.42 Å². The van der Waals surface area contributed by atoms with Crippen LogP contribution < -0.4 is 11.1 Å². The van der Waals surface area contributed by atoms with Crippen molar-refractivity contribution in [2.75, 3.05) is 19.6 Å². The summed E-state index contributed by atoms with van der Waals surface area (Å²) in [4.78, 5) is 11.5. The molecular formula is C13H22ClN3O4S. The van der Waals surface area contributed by atoms with Crippen molar-refractivity contribution in [1.82, 2.24) is 9.62 Å². The summed E-state index contributed by atoms with van der Waals surface area (Å²) in [5.41, 5.74) is 5.32. The van der Waals surface area contributed by atoms with E-state index in [1.807, 2.05) is 0 Å². The Morgan fingerprint density at radius 2 is 2.23 bits per heavy atom. The number of piperidine rings is 1. The van der Waals surface area contributed by atoms with Crippen LogP contribution in [-0.4, -0.2) is 44.3 Å². The monoisotopic (exact) mass is 351 g/mol. The lowest BCUT2D eigenvalue weighted by Crippen LogP contribution is -2.49. The Kier molecular flexibility index (Phi) is 7.34. The molecule has 9 heteroatoms. The third-order valence-electron chi connectivity index (χ3n) is 3.54. The van der Waals surface area contributed by atoms with Crippen molar-refractivity contribution in [2.45, 2.75) is 36.8 Å². The third kappa shape index (κ3) is 4.45. The fourth-order valence-corrected chi connectivity index (χ4v) is 4.07. The van der Waals surface area contributed by atoms with Crippen molar-refractivity contribution in [2.24, 2.45) is 5.73 Å². The lowest BCUT2D eigenvalue weighted by atomic mass is 10.1. The van der Waals surface area contributed by atoms with Crippen molar-refractivity contribution >= 4 is 28.3 Å². The number of sulfonamides is 1. The average molecular weight is 352 g/mol. The quantitative estimate of drug-likeness (QED) is 0.785. The predicted octanol–water partition coefficient (Wildman–Crippen LogP) is 0.710. The van der Waals surface area contributed by atoms with E-state index in [-0.39, 0.29) is 42.4 Å². The van der Waals surface area contributed by atoms with Gasteiger partial charge in [0.2, 0.25) is 11.0 Å². The molecule has 1 fully saturated rings. The van der Waals surface area contributed by atoms with Crippen LogP contribution in [0, 0.1) is 0 Å². The van der Waals surface area contributed by atoms with Crippen LogP contribution in [0.2, 0.25) is 0 Å². The number of hydrogen-bond donors (Lipinski definition) is 2. The first-order valence-corrected chi connectivity index (χ1v) is 8.52. The van der Waals surface area contributed by atoms with Crippen molar-refractivity contribution in [1.29, 1.82) is 0 Å². The molecule has 0 aliphatic carbocycles. The Hall–Kier alpha value is -1.09. The van der Waals surface area contributed by atoms with Crippen molar-refractivity contribution < 1.29 is 17.6 Å². The Labute approximate surface area is 136 Å². The number of carbonyl (C=O) groups is 1. The molecule has 0 spiro atoms. The molecule has 0 saturated carbocycles. The summed E-state index contributed by atoms with van der Waals surface area (Å²) < 4.78 is 31.5. The molecule has 22 heavy (non-hydrogen) atoms. The van der Waals surface area contributed by atoms with E-state index < -0.39 is 10.0 Å². The van der Waals surface area contributed by atoms with Gasteiger partial charge in [0.1, 0.15) is 0 Å². The molecule has 1 unspecified atom stereocenters. The minimum absolute atomic E-state index is 0. The summed E-state index contributed by atoms with van der Waals surface area (Å²) in [5, 5.41) is 2.69. The largest absolute Gasteiger partial charge is 0.452 e. The van der Waals surface area contributed by atoms with Crippen molar-refractivity contribution in [3.63, 3.8) is 0 Å². The summed E-state index contributed by atoms with van der Waals surface area (Å²) >= 11 is 0. The second kappa shape index (κ2) is 8.52. The molecule has 1 aliphatic heterocycles. The highest BCUT2D eigenvalue weighted by atomic mass is 35.5. The van der Waals surface area contributed by atoms with E-state index in [0.29, 0.717) is 13.1 Å². The van der Waals surface area contributed by atoms with Crippen molar-refractivity contribution in [3.05, 3.63) is 18.4 Å². The van der Waals surface area contributed by atoms with E-state index in [1.54, 1.807) is 6.07 Å². The molecule has 1 aromatic heterocycles. The van der Waals surface area contributed by atoms with Gasteiger partial charge in [-0.2, -0.15) is 4.31 Å². The van der Waals surface area contributed by atoms with E-state index >= 15 is 0 Å². The lowest BCUT2D eigenvalue weighted by molar-refractivity contribution is -0.121. The summed E-state index contributed by atoms with van der Waals surface area (Å²) in [5.74, 6) is -0.154. The summed E-state index contributed by atoms with van der Waals surface area (Å²) in [6.07, 6.45) is 4.07. The van der Waals surface area contributed by atoms with Gasteiger partial charge in [0.15, 0.2) is 0 Å². The molecule has 1 amide bonds. The normalized spacial score (nSPS) is 19.4. The van der Waals surface area contributed by atoms with Crippen LogP contribution >= 0.6 is 12.4 Å². The van der Waals surface area contributed by atoms with E-state index in [9.17, 15) is 13.2 Å². The Morgan fingerprint density at radius 1 is 1.45 bits per heavy atom. The molecule has 2 rings (SSSR count). The molecule has 1 atom stereocenters. The van der Waals surface area contributed by atoms with Gasteiger partial charge in [0.05, 0.1) is 6.26 Å². The molecule has 3 N–H and O–H groups in total. The maximum Gasteiger partial charge on any atom is 0.276 e. The van der Waals surface area contributed by atoms with E-state index in [4.69, 9.17) is 10.2 Å². The minimum atomic E-state index is -3.64. The predicted molar refractivity (Wildman–Crippen MR) is 84.2 cm³/mol. The smallest absolute Gasteiger partial charge is 0.276 e. The summed E-state index contributed by atoms with van der Waals surface area (Å²) in [7, 11) is -3.64. The average Bonchev–Trinajstić information content (AvgIpc) is 3.01. The highest BCUT2D eigenvalue weighted by Gasteiger charge is 2.35. The molecule has 2 heterocycles. The molecule has 126 valence electrons. The van der Waals surface area contributed by atoms with Gasteiger partial charge in [-0.25, -0.2) is 8.42 Å². The molecule has 7 nitrogen and oxygen atoms in total. The minimum Gasteiger partial charge on any atom is -0.452 e. The van der Waals surface area contributed by atoms with Crippen LogP contribution in [0.3, 0.4) is 0 Å². The number of nitrogens with two attached hydrogens (primary N) is 1. The SMILES string of the molecule is Cl.NCCC(=O)NCC1CCCCN1S(=O)(=O)c1ccco1. The molecule has 0 bridgehead atoms. The second-order valence-corrected chi connectivity index (χ2v) is 6.86. The van der Waals surface area contributed by atoms with Crippen LogP contribution in [0.25, 0.3) is 0 Å². The topological polar surface area (TPSA) is 106 Å². The highest BCUT2D eigenvalue weighted by Crippen LogP contribution is 2.25. The van der Waals surface area contributed by atoms with Crippen molar-refractivity contribution in [3.8, 4) is 0 Å². The Balaban J connectivity index is 0.00000242. The lowest BCUT2D eigenvalue weighted by Gasteiger charge is -2.34. The van der Waals surface area contributed by atoms with Crippen LogP contribution in [-0.2, 0) is 14.8 Å². The molecule has 1 aliphatic rings. The van der Waals surface area contributed by atoms with Gasteiger partial charge in [-0.3, -0.25) is 4.79 Å². The molecule has 1 aromatic rings. The van der Waals surface area contributed by atoms with Gasteiger partial charge in [-0.05, 0) is 25.0 Å². The Bertz CT molecular complexity index is 562. The van der Waals surface area contributed by atoms with Crippen LogP contribution in [0.5, 0.6) is 0 Å². The van der Waals surface area contributed by atoms with Crippen LogP contribution in [0.15, 0.2) is 27.9 Å². The first-order valence-electron chi connectivity index (χ1n) is 7.08. The van der Waals surface area contributed by atoms with E-state index in [2.05, 4.69) is 5.32 Å². The third-order valence-corrected chi connectivity index (χ3v) is 5.38. The number of nitrogens with one attached hydrogen (secondary N) is 1. The number of carbonyl (C=O) groups excluding carboxylic acids is 1. The van der Waals surface area contributed by atoms with Gasteiger partial charge < -0.3 is 15.5 Å². The Morgan fingerprint density at radius 3 is 2.86 bits per heavy atom. The second-order valence-electron chi connectivity index (χ2n) is 5.04. The van der Waals surface area contributed by atoms with Gasteiger partial charge >= 0.3 is 0 Å². The zero-order valence-corrected chi connectivity index (χ0v) is 13.9. The number of halogens is 1. The van der Waals surface area contributed by atoms with E-state index in [1.165, 1.54) is 16.6 Å².